The lowest BCUT2D eigenvalue weighted by Crippen LogP contribution is -2.46. The van der Waals surface area contributed by atoms with E-state index in [4.69, 9.17) is 37.4 Å². The molecule has 2 aromatic heterocycles. The van der Waals surface area contributed by atoms with Gasteiger partial charge in [-0.05, 0) is 85.5 Å². The Labute approximate surface area is 342 Å². The zero-order valence-electron chi connectivity index (χ0n) is 31.7. The summed E-state index contributed by atoms with van der Waals surface area (Å²) in [6.45, 7) is 5.05. The third-order valence-corrected chi connectivity index (χ3v) is 11.2. The highest BCUT2D eigenvalue weighted by Crippen LogP contribution is 2.40. The van der Waals surface area contributed by atoms with Crippen molar-refractivity contribution in [3.63, 3.8) is 0 Å². The summed E-state index contributed by atoms with van der Waals surface area (Å²) in [7, 11) is 0. The third-order valence-electron chi connectivity index (χ3n) is 10.6. The molecule has 0 aliphatic carbocycles. The van der Waals surface area contributed by atoms with Crippen LogP contribution >= 0.6 is 23.2 Å². The lowest BCUT2D eigenvalue weighted by Gasteiger charge is -2.37. The zero-order chi connectivity index (χ0) is 39.0. The maximum absolute atomic E-state index is 13.1. The van der Waals surface area contributed by atoms with Crippen molar-refractivity contribution in [2.75, 3.05) is 49.2 Å². The number of ether oxygens (including phenoxy) is 3. The fourth-order valence-electron chi connectivity index (χ4n) is 7.53. The quantitative estimate of drug-likeness (QED) is 0.0926. The summed E-state index contributed by atoms with van der Waals surface area (Å²) in [5.74, 6) is -0.414. The molecule has 4 heterocycles. The molecule has 57 heavy (non-hydrogen) atoms. The van der Waals surface area contributed by atoms with E-state index in [1.165, 1.54) is 11.9 Å². The molecule has 4 aromatic carbocycles. The summed E-state index contributed by atoms with van der Waals surface area (Å²) in [5.41, 5.74) is 5.05. The van der Waals surface area contributed by atoms with Gasteiger partial charge in [-0.15, -0.1) is 0 Å². The van der Waals surface area contributed by atoms with E-state index in [1.807, 2.05) is 30.3 Å². The van der Waals surface area contributed by atoms with Crippen LogP contribution in [0.5, 0.6) is 5.75 Å². The Morgan fingerprint density at radius 2 is 1.47 bits per heavy atom. The predicted octanol–water partition coefficient (Wildman–Crippen LogP) is 7.41. The number of nitrogens with zero attached hydrogens (tertiary/aromatic N) is 8. The van der Waals surface area contributed by atoms with E-state index < -0.39 is 5.79 Å². The molecule has 0 amide bonds. The van der Waals surface area contributed by atoms with Gasteiger partial charge in [0.1, 0.15) is 44.0 Å². The number of unbranched alkanes of at least 4 members (excludes halogenated alkanes) is 3. The average Bonchev–Trinajstić information content (AvgIpc) is 4.00. The van der Waals surface area contributed by atoms with E-state index in [9.17, 15) is 4.79 Å². The van der Waals surface area contributed by atoms with Crippen LogP contribution in [0.3, 0.4) is 0 Å². The van der Waals surface area contributed by atoms with Crippen molar-refractivity contribution in [3.05, 3.63) is 148 Å². The summed E-state index contributed by atoms with van der Waals surface area (Å²) in [6.07, 6.45) is 9.79. The van der Waals surface area contributed by atoms with Gasteiger partial charge in [0.2, 0.25) is 5.79 Å². The second-order valence-corrected chi connectivity index (χ2v) is 15.3. The predicted molar refractivity (Wildman–Crippen MR) is 222 cm³/mol. The first kappa shape index (κ1) is 38.7. The average molecular weight is 810 g/mol. The van der Waals surface area contributed by atoms with Crippen LogP contribution in [0.2, 0.25) is 10.0 Å². The summed E-state index contributed by atoms with van der Waals surface area (Å²) in [6, 6.07) is 32.2. The van der Waals surface area contributed by atoms with Crippen LogP contribution in [-0.2, 0) is 34.8 Å². The second kappa shape index (κ2) is 18.0. The largest absolute Gasteiger partial charge is 0.491 e. The van der Waals surface area contributed by atoms with E-state index >= 15 is 0 Å². The molecule has 2 atom stereocenters. The second-order valence-electron chi connectivity index (χ2n) is 14.5. The van der Waals surface area contributed by atoms with Gasteiger partial charge in [0, 0.05) is 54.7 Å². The van der Waals surface area contributed by atoms with E-state index in [1.54, 1.807) is 38.7 Å². The Kier molecular flexibility index (Phi) is 12.2. The maximum atomic E-state index is 13.1. The van der Waals surface area contributed by atoms with Crippen molar-refractivity contribution in [1.82, 2.24) is 29.1 Å². The van der Waals surface area contributed by atoms with Crippen LogP contribution in [0.1, 0.15) is 36.8 Å². The molecular weight excluding hydrogens is 763 g/mol. The van der Waals surface area contributed by atoms with Crippen molar-refractivity contribution in [1.29, 1.82) is 0 Å². The van der Waals surface area contributed by atoms with E-state index in [-0.39, 0.29) is 18.3 Å². The molecule has 0 N–H and O–H groups in total. The Morgan fingerprint density at radius 1 is 0.772 bits per heavy atom. The topological polar surface area (TPSA) is 105 Å². The monoisotopic (exact) mass is 808 g/mol. The minimum absolute atomic E-state index is 0.0983. The van der Waals surface area contributed by atoms with Gasteiger partial charge >= 0.3 is 5.69 Å². The van der Waals surface area contributed by atoms with Crippen LogP contribution in [0.15, 0.2) is 121 Å². The van der Waals surface area contributed by atoms with Crippen LogP contribution in [-0.4, -0.2) is 74.6 Å². The molecule has 0 radical (unpaired) electrons. The summed E-state index contributed by atoms with van der Waals surface area (Å²) >= 11 is 12.8. The fraction of sp³-hybridized carbons (Fsp3) is 0.349. The van der Waals surface area contributed by atoms with Gasteiger partial charge in [-0.3, -0.25) is 0 Å². The Bertz CT molecular complexity index is 2240. The molecule has 8 rings (SSSR count). The van der Waals surface area contributed by atoms with E-state index in [0.717, 1.165) is 81.1 Å². The first-order valence-corrected chi connectivity index (χ1v) is 20.3. The molecule has 12 nitrogen and oxygen atoms in total. The summed E-state index contributed by atoms with van der Waals surface area (Å²) in [4.78, 5) is 21.9. The van der Waals surface area contributed by atoms with Gasteiger partial charge < -0.3 is 24.0 Å². The van der Waals surface area contributed by atoms with Crippen LogP contribution in [0.4, 0.5) is 11.4 Å². The lowest BCUT2D eigenvalue weighted by molar-refractivity contribution is -0.190. The molecule has 0 spiro atoms. The van der Waals surface area contributed by atoms with Gasteiger partial charge in [-0.25, -0.2) is 23.7 Å². The van der Waals surface area contributed by atoms with Crippen LogP contribution < -0.4 is 20.2 Å². The number of halogens is 2. The van der Waals surface area contributed by atoms with Gasteiger partial charge in [0.05, 0.1) is 17.3 Å². The molecule has 2 aliphatic heterocycles. The number of rotatable bonds is 16. The van der Waals surface area contributed by atoms with Crippen LogP contribution in [0, 0.1) is 0 Å². The zero-order valence-corrected chi connectivity index (χ0v) is 33.2. The molecule has 0 bridgehead atoms. The number of benzene rings is 4. The number of hydrogen-bond acceptors (Lipinski definition) is 9. The highest BCUT2D eigenvalue weighted by molar-refractivity contribution is 6.35. The van der Waals surface area contributed by atoms with Crippen molar-refractivity contribution in [2.45, 2.75) is 57.1 Å². The third kappa shape index (κ3) is 9.37. The lowest BCUT2D eigenvalue weighted by atomic mass is 10.1. The molecule has 2 unspecified atom stereocenters. The van der Waals surface area contributed by atoms with Crippen LogP contribution in [0.25, 0.3) is 5.69 Å². The number of piperazine rings is 1. The van der Waals surface area contributed by atoms with Gasteiger partial charge in [-0.1, -0.05) is 72.4 Å². The minimum Gasteiger partial charge on any atom is -0.491 e. The molecular formula is C43H46Cl2N8O4. The van der Waals surface area contributed by atoms with Gasteiger partial charge in [0.15, 0.2) is 0 Å². The van der Waals surface area contributed by atoms with Crippen molar-refractivity contribution < 1.29 is 14.2 Å². The standard InChI is InChI=1S/C43H46Cl2N8O4/c44-34-11-20-40(41(45)26-34)43(29-51-31-46-30-47-51)56-28-39(57-43)27-55-38-18-16-36(17-19-38)50-24-22-49(23-25-50)35-12-14-37(15-13-35)52-32-48-53(42(52)54)21-7-2-1-4-8-33-9-5-3-6-10-33/h3,5-6,9-20,26,30-32,39H,1-2,4,7-8,21-25,27-29H2. The number of aromatic nitrogens is 6. The van der Waals surface area contributed by atoms with Crippen molar-refractivity contribution in [2.24, 2.45) is 0 Å². The number of aryl methyl sites for hydroxylation is 2. The van der Waals surface area contributed by atoms with E-state index in [0.29, 0.717) is 35.4 Å². The molecule has 2 saturated heterocycles. The number of hydrogen-bond donors (Lipinski definition) is 0. The Morgan fingerprint density at radius 3 is 2.18 bits per heavy atom. The fourth-order valence-corrected chi connectivity index (χ4v) is 8.08. The summed E-state index contributed by atoms with van der Waals surface area (Å²) < 4.78 is 23.8. The minimum atomic E-state index is -1.16. The first-order chi connectivity index (χ1) is 27.9. The highest BCUT2D eigenvalue weighted by atomic mass is 35.5. The van der Waals surface area contributed by atoms with Gasteiger partial charge in [-0.2, -0.15) is 10.2 Å². The molecule has 296 valence electrons. The smallest absolute Gasteiger partial charge is 0.350 e. The highest BCUT2D eigenvalue weighted by Gasteiger charge is 2.45. The molecule has 0 saturated carbocycles. The van der Waals surface area contributed by atoms with Crippen molar-refractivity contribution in [3.8, 4) is 11.4 Å². The van der Waals surface area contributed by atoms with Gasteiger partial charge in [0.25, 0.3) is 0 Å². The first-order valence-electron chi connectivity index (χ1n) is 19.5. The SMILES string of the molecule is O=c1n(-c2ccc(N3CCN(c4ccc(OCC5COC(Cn6cncn6)(c6ccc(Cl)cc6Cl)O5)cc4)CC3)cc2)cnn1CCCCCCc1ccccc1. The van der Waals surface area contributed by atoms with E-state index in [2.05, 4.69) is 79.6 Å². The normalized spacial score (nSPS) is 18.3. The maximum Gasteiger partial charge on any atom is 0.350 e. The molecule has 2 fully saturated rings. The molecule has 2 aliphatic rings. The summed E-state index contributed by atoms with van der Waals surface area (Å²) in [5, 5.41) is 9.61. The molecule has 14 heteroatoms. The number of anilines is 2. The Balaban J connectivity index is 0.787. The Hall–Kier alpha value is -5.14. The molecule has 6 aromatic rings. The van der Waals surface area contributed by atoms with Crippen molar-refractivity contribution >= 4 is 34.6 Å².